The number of carbonyl (C=O) groups excluding carboxylic acids is 1. The Labute approximate surface area is 164 Å². The number of benzene rings is 1. The number of aliphatic carboxylic acids is 1. The van der Waals surface area contributed by atoms with Crippen molar-refractivity contribution in [1.29, 1.82) is 0 Å². The number of carbonyl (C=O) groups is 2. The van der Waals surface area contributed by atoms with E-state index in [9.17, 15) is 22.8 Å². The molecule has 154 valence electrons. The van der Waals surface area contributed by atoms with Gasteiger partial charge in [0.1, 0.15) is 18.7 Å². The van der Waals surface area contributed by atoms with Crippen molar-refractivity contribution < 1.29 is 27.9 Å². The molecule has 3 N–H and O–H groups in total. The molecule has 1 amide bonds. The second kappa shape index (κ2) is 10.0. The fourth-order valence-electron chi connectivity index (χ4n) is 2.36. The van der Waals surface area contributed by atoms with Crippen molar-refractivity contribution in [2.45, 2.75) is 32.0 Å². The minimum Gasteiger partial charge on any atom is -0.480 e. The smallest absolute Gasteiger partial charge is 0.416 e. The summed E-state index contributed by atoms with van der Waals surface area (Å²) in [4.78, 5) is 26.9. The Balaban J connectivity index is 0.00000392. The number of nitrogens with one attached hydrogen (secondary N) is 2. The molecule has 0 bridgehead atoms. The minimum absolute atomic E-state index is 0. The average Bonchev–Trinajstić information content (AvgIpc) is 3.11. The predicted octanol–water partition coefficient (Wildman–Crippen LogP) is 2.49. The Morgan fingerprint density at radius 3 is 2.57 bits per heavy atom. The molecule has 0 aliphatic rings. The maximum absolute atomic E-state index is 13.0. The Bertz CT molecular complexity index is 799. The molecule has 0 radical (unpaired) electrons. The van der Waals surface area contributed by atoms with E-state index in [1.807, 2.05) is 0 Å². The third kappa shape index (κ3) is 6.20. The van der Waals surface area contributed by atoms with Crippen molar-refractivity contribution in [3.05, 3.63) is 36.4 Å². The number of aromatic nitrogens is 3. The monoisotopic (exact) mass is 421 g/mol. The molecule has 2 aromatic rings. The van der Waals surface area contributed by atoms with E-state index in [2.05, 4.69) is 20.7 Å². The van der Waals surface area contributed by atoms with Gasteiger partial charge in [-0.1, -0.05) is 13.3 Å². The fraction of sp³-hybridized carbons (Fsp3) is 0.375. The van der Waals surface area contributed by atoms with Crippen molar-refractivity contribution in [3.63, 3.8) is 0 Å². The predicted molar refractivity (Wildman–Crippen MR) is 96.6 cm³/mol. The third-order valence-corrected chi connectivity index (χ3v) is 3.65. The van der Waals surface area contributed by atoms with Gasteiger partial charge in [0.15, 0.2) is 0 Å². The Hall–Kier alpha value is -2.66. The molecule has 28 heavy (non-hydrogen) atoms. The molecular formula is C16H19ClF3N5O3. The highest BCUT2D eigenvalue weighted by molar-refractivity contribution is 5.94. The van der Waals surface area contributed by atoms with Crippen LogP contribution in [0.1, 0.15) is 25.3 Å². The van der Waals surface area contributed by atoms with Gasteiger partial charge in [-0.25, -0.2) is 9.67 Å². The second-order valence-corrected chi connectivity index (χ2v) is 5.68. The molecule has 8 nitrogen and oxygen atoms in total. The number of carboxylic acids is 1. The number of carboxylic acid groups (broad SMARTS) is 1. The summed E-state index contributed by atoms with van der Waals surface area (Å²) in [5.41, 5.74) is -0.870. The van der Waals surface area contributed by atoms with Gasteiger partial charge >= 0.3 is 12.1 Å². The Kier molecular flexibility index (Phi) is 8.38. The van der Waals surface area contributed by atoms with Gasteiger partial charge in [0, 0.05) is 0 Å². The maximum Gasteiger partial charge on any atom is 0.416 e. The summed E-state index contributed by atoms with van der Waals surface area (Å²) < 4.78 is 40.2. The molecule has 1 aromatic carbocycles. The largest absolute Gasteiger partial charge is 0.480 e. The van der Waals surface area contributed by atoms with Gasteiger partial charge in [0.25, 0.3) is 0 Å². The number of hydrogen-bond donors (Lipinski definition) is 3. The van der Waals surface area contributed by atoms with Gasteiger partial charge < -0.3 is 10.4 Å². The van der Waals surface area contributed by atoms with Crippen LogP contribution in [-0.4, -0.2) is 44.3 Å². The maximum atomic E-state index is 13.0. The van der Waals surface area contributed by atoms with Crippen LogP contribution in [0.2, 0.25) is 0 Å². The van der Waals surface area contributed by atoms with Crippen LogP contribution in [0, 0.1) is 0 Å². The average molecular weight is 422 g/mol. The van der Waals surface area contributed by atoms with Crippen LogP contribution in [0.25, 0.3) is 5.69 Å². The molecule has 1 atom stereocenters. The van der Waals surface area contributed by atoms with Crippen molar-refractivity contribution in [1.82, 2.24) is 20.1 Å². The van der Waals surface area contributed by atoms with Crippen molar-refractivity contribution in [2.75, 3.05) is 11.9 Å². The SMILES string of the molecule is CCCC(NCC(=O)Nc1cc(C(F)(F)F)ccc1-n1cncn1)C(=O)O.Cl. The number of nitrogens with zero attached hydrogens (tertiary/aromatic N) is 3. The van der Waals surface area contributed by atoms with Crippen molar-refractivity contribution >= 4 is 30.0 Å². The molecule has 1 unspecified atom stereocenters. The summed E-state index contributed by atoms with van der Waals surface area (Å²) in [6.07, 6.45) is -1.20. The quantitative estimate of drug-likeness (QED) is 0.604. The summed E-state index contributed by atoms with van der Waals surface area (Å²) in [5.74, 6) is -1.79. The van der Waals surface area contributed by atoms with Gasteiger partial charge in [0.2, 0.25) is 5.91 Å². The number of hydrogen-bond acceptors (Lipinski definition) is 5. The summed E-state index contributed by atoms with van der Waals surface area (Å²) in [5, 5.41) is 17.8. The molecule has 1 aromatic heterocycles. The van der Waals surface area contributed by atoms with E-state index in [0.717, 1.165) is 18.2 Å². The molecule has 2 rings (SSSR count). The number of alkyl halides is 3. The van der Waals surface area contributed by atoms with E-state index in [1.165, 1.54) is 17.3 Å². The summed E-state index contributed by atoms with van der Waals surface area (Å²) in [7, 11) is 0. The summed E-state index contributed by atoms with van der Waals surface area (Å²) in [6, 6.07) is 1.90. The van der Waals surface area contributed by atoms with E-state index in [0.29, 0.717) is 12.8 Å². The van der Waals surface area contributed by atoms with E-state index < -0.39 is 29.7 Å². The van der Waals surface area contributed by atoms with Crippen molar-refractivity contribution in [2.24, 2.45) is 0 Å². The molecular weight excluding hydrogens is 403 g/mol. The highest BCUT2D eigenvalue weighted by atomic mass is 35.5. The minimum atomic E-state index is -4.59. The standard InChI is InChI=1S/C16H18F3N5O3.ClH/c1-2-3-11(15(26)27)21-7-14(25)23-12-6-10(16(17,18)19)4-5-13(12)24-9-20-8-22-24;/h4-6,8-9,11,21H,2-3,7H2,1H3,(H,23,25)(H,26,27);1H. The number of rotatable bonds is 8. The summed E-state index contributed by atoms with van der Waals surface area (Å²) in [6.45, 7) is 1.43. The molecule has 1 heterocycles. The zero-order chi connectivity index (χ0) is 20.0. The topological polar surface area (TPSA) is 109 Å². The number of anilines is 1. The van der Waals surface area contributed by atoms with Gasteiger partial charge in [-0.15, -0.1) is 12.4 Å². The first-order valence-electron chi connectivity index (χ1n) is 8.04. The van der Waals surface area contributed by atoms with Crippen LogP contribution in [0.5, 0.6) is 0 Å². The zero-order valence-corrected chi connectivity index (χ0v) is 15.5. The van der Waals surface area contributed by atoms with Crippen LogP contribution in [-0.2, 0) is 15.8 Å². The lowest BCUT2D eigenvalue weighted by Gasteiger charge is -2.16. The van der Waals surface area contributed by atoms with Gasteiger partial charge in [-0.3, -0.25) is 14.9 Å². The van der Waals surface area contributed by atoms with E-state index in [-0.39, 0.29) is 30.3 Å². The third-order valence-electron chi connectivity index (χ3n) is 3.65. The molecule has 12 heteroatoms. The molecule has 0 aliphatic carbocycles. The second-order valence-electron chi connectivity index (χ2n) is 5.68. The zero-order valence-electron chi connectivity index (χ0n) is 14.7. The van der Waals surface area contributed by atoms with E-state index in [1.54, 1.807) is 6.92 Å². The Morgan fingerprint density at radius 2 is 2.04 bits per heavy atom. The number of amides is 1. The lowest BCUT2D eigenvalue weighted by Crippen LogP contribution is -2.41. The van der Waals surface area contributed by atoms with Crippen molar-refractivity contribution in [3.8, 4) is 5.69 Å². The molecule has 0 fully saturated rings. The highest BCUT2D eigenvalue weighted by Crippen LogP contribution is 2.33. The van der Waals surface area contributed by atoms with Gasteiger partial charge in [0.05, 0.1) is 23.5 Å². The van der Waals surface area contributed by atoms with Crippen LogP contribution in [0.4, 0.5) is 18.9 Å². The molecule has 0 saturated carbocycles. The van der Waals surface area contributed by atoms with Gasteiger partial charge in [-0.05, 0) is 24.6 Å². The van der Waals surface area contributed by atoms with Gasteiger partial charge in [-0.2, -0.15) is 18.3 Å². The molecule has 0 spiro atoms. The van der Waals surface area contributed by atoms with Crippen LogP contribution < -0.4 is 10.6 Å². The van der Waals surface area contributed by atoms with Crippen LogP contribution in [0.3, 0.4) is 0 Å². The lowest BCUT2D eigenvalue weighted by molar-refractivity contribution is -0.140. The van der Waals surface area contributed by atoms with E-state index >= 15 is 0 Å². The highest BCUT2D eigenvalue weighted by Gasteiger charge is 2.31. The first-order chi connectivity index (χ1) is 12.7. The number of halogens is 4. The fourth-order valence-corrected chi connectivity index (χ4v) is 2.36. The molecule has 0 aliphatic heterocycles. The first kappa shape index (κ1) is 23.4. The van der Waals surface area contributed by atoms with Crippen LogP contribution in [0.15, 0.2) is 30.9 Å². The Morgan fingerprint density at radius 1 is 1.32 bits per heavy atom. The summed E-state index contributed by atoms with van der Waals surface area (Å²) >= 11 is 0. The molecule has 0 saturated heterocycles. The van der Waals surface area contributed by atoms with Crippen LogP contribution >= 0.6 is 12.4 Å². The first-order valence-corrected chi connectivity index (χ1v) is 8.04. The van der Waals surface area contributed by atoms with E-state index in [4.69, 9.17) is 5.11 Å². The lowest BCUT2D eigenvalue weighted by atomic mass is 10.1. The normalized spacial score (nSPS) is 12.1.